The fraction of sp³-hybridized carbons (Fsp3) is 0.188. The monoisotopic (exact) mass is 358 g/mol. The third-order valence-electron chi connectivity index (χ3n) is 3.50. The normalized spacial score (nSPS) is 10.6. The highest BCUT2D eigenvalue weighted by molar-refractivity contribution is 7.08. The van der Waals surface area contributed by atoms with Gasteiger partial charge in [0.15, 0.2) is 0 Å². The van der Waals surface area contributed by atoms with E-state index < -0.39 is 4.92 Å². The smallest absolute Gasteiger partial charge is 0.274 e. The highest BCUT2D eigenvalue weighted by Gasteiger charge is 2.14. The lowest BCUT2D eigenvalue weighted by Gasteiger charge is -2.05. The fourth-order valence-corrected chi connectivity index (χ4v) is 2.83. The standard InChI is InChI=1S/C16H14N4O4S/c1-10-2-3-12(8-13(10)20(22)23)17-14(21)4-5-15-18-16(19-24-15)11-6-7-25-9-11/h2-3,6-9H,4-5H2,1H3,(H,17,21). The zero-order valence-electron chi connectivity index (χ0n) is 13.3. The van der Waals surface area contributed by atoms with E-state index in [1.165, 1.54) is 17.4 Å². The van der Waals surface area contributed by atoms with E-state index >= 15 is 0 Å². The number of rotatable bonds is 6. The number of aromatic nitrogens is 2. The minimum absolute atomic E-state index is 0.0323. The van der Waals surface area contributed by atoms with Gasteiger partial charge in [0.25, 0.3) is 5.69 Å². The van der Waals surface area contributed by atoms with Gasteiger partial charge in [-0.25, -0.2) is 0 Å². The molecule has 3 aromatic rings. The van der Waals surface area contributed by atoms with Gasteiger partial charge in [-0.3, -0.25) is 14.9 Å². The molecule has 0 aliphatic rings. The molecule has 0 radical (unpaired) electrons. The summed E-state index contributed by atoms with van der Waals surface area (Å²) in [6, 6.07) is 6.45. The summed E-state index contributed by atoms with van der Waals surface area (Å²) in [5, 5.41) is 21.3. The summed E-state index contributed by atoms with van der Waals surface area (Å²) >= 11 is 1.53. The predicted octanol–water partition coefficient (Wildman–Crippen LogP) is 3.59. The number of amides is 1. The van der Waals surface area contributed by atoms with Crippen LogP contribution in [-0.4, -0.2) is 21.0 Å². The Labute approximate surface area is 146 Å². The predicted molar refractivity (Wildman–Crippen MR) is 92.4 cm³/mol. The van der Waals surface area contributed by atoms with Crippen LogP contribution in [0.15, 0.2) is 39.5 Å². The molecular formula is C16H14N4O4S. The number of benzene rings is 1. The Morgan fingerprint density at radius 1 is 1.40 bits per heavy atom. The Balaban J connectivity index is 1.58. The molecule has 1 N–H and O–H groups in total. The van der Waals surface area contributed by atoms with Crippen LogP contribution in [-0.2, 0) is 11.2 Å². The number of hydrogen-bond donors (Lipinski definition) is 1. The number of carbonyl (C=O) groups is 1. The van der Waals surface area contributed by atoms with Gasteiger partial charge in [0, 0.05) is 41.1 Å². The quantitative estimate of drug-likeness (QED) is 0.532. The van der Waals surface area contributed by atoms with Crippen molar-refractivity contribution in [2.24, 2.45) is 0 Å². The first kappa shape index (κ1) is 16.8. The van der Waals surface area contributed by atoms with Gasteiger partial charge in [0.05, 0.1) is 4.92 Å². The van der Waals surface area contributed by atoms with Crippen LogP contribution in [0.5, 0.6) is 0 Å². The van der Waals surface area contributed by atoms with Gasteiger partial charge in [-0.2, -0.15) is 16.3 Å². The van der Waals surface area contributed by atoms with Crippen molar-refractivity contribution in [2.45, 2.75) is 19.8 Å². The maximum atomic E-state index is 12.0. The molecule has 2 heterocycles. The zero-order valence-corrected chi connectivity index (χ0v) is 14.1. The van der Waals surface area contributed by atoms with Crippen molar-refractivity contribution < 1.29 is 14.2 Å². The van der Waals surface area contributed by atoms with Crippen molar-refractivity contribution in [3.05, 3.63) is 56.6 Å². The molecule has 0 spiro atoms. The second-order valence-corrected chi connectivity index (χ2v) is 6.11. The summed E-state index contributed by atoms with van der Waals surface area (Å²) in [6.07, 6.45) is 0.421. The first-order chi connectivity index (χ1) is 12.0. The summed E-state index contributed by atoms with van der Waals surface area (Å²) in [6.45, 7) is 1.64. The number of nitrogens with one attached hydrogen (secondary N) is 1. The van der Waals surface area contributed by atoms with E-state index in [0.717, 1.165) is 5.56 Å². The number of nitrogens with zero attached hydrogens (tertiary/aromatic N) is 3. The van der Waals surface area contributed by atoms with Crippen LogP contribution in [0.3, 0.4) is 0 Å². The molecule has 0 saturated heterocycles. The molecule has 3 rings (SSSR count). The molecule has 0 atom stereocenters. The summed E-state index contributed by atoms with van der Waals surface area (Å²) in [5.74, 6) is 0.575. The maximum Gasteiger partial charge on any atom is 0.274 e. The number of anilines is 1. The number of thiophene rings is 1. The SMILES string of the molecule is Cc1ccc(NC(=O)CCc2nc(-c3ccsc3)no2)cc1[N+](=O)[O-]. The van der Waals surface area contributed by atoms with E-state index in [4.69, 9.17) is 4.52 Å². The number of hydrogen-bond acceptors (Lipinski definition) is 7. The van der Waals surface area contributed by atoms with Crippen LogP contribution in [0.25, 0.3) is 11.4 Å². The van der Waals surface area contributed by atoms with Gasteiger partial charge in [-0.15, -0.1) is 0 Å². The lowest BCUT2D eigenvalue weighted by Crippen LogP contribution is -2.12. The molecule has 8 nitrogen and oxygen atoms in total. The minimum atomic E-state index is -0.477. The molecule has 0 aliphatic heterocycles. The van der Waals surface area contributed by atoms with Gasteiger partial charge in [0.2, 0.25) is 17.6 Å². The minimum Gasteiger partial charge on any atom is -0.339 e. The van der Waals surface area contributed by atoms with Crippen molar-refractivity contribution in [3.63, 3.8) is 0 Å². The Bertz CT molecular complexity index is 905. The van der Waals surface area contributed by atoms with Crippen molar-refractivity contribution in [3.8, 4) is 11.4 Å². The van der Waals surface area contributed by atoms with Crippen LogP contribution in [0.2, 0.25) is 0 Å². The van der Waals surface area contributed by atoms with E-state index in [1.54, 1.807) is 19.1 Å². The molecule has 9 heteroatoms. The van der Waals surface area contributed by atoms with Gasteiger partial charge >= 0.3 is 0 Å². The van der Waals surface area contributed by atoms with Crippen molar-refractivity contribution in [1.82, 2.24) is 10.1 Å². The first-order valence-corrected chi connectivity index (χ1v) is 8.37. The molecule has 0 aliphatic carbocycles. The molecule has 0 saturated carbocycles. The van der Waals surface area contributed by atoms with E-state index in [-0.39, 0.29) is 24.4 Å². The summed E-state index contributed by atoms with van der Waals surface area (Å²) in [5.41, 5.74) is 1.76. The molecule has 128 valence electrons. The van der Waals surface area contributed by atoms with Crippen LogP contribution >= 0.6 is 11.3 Å². The van der Waals surface area contributed by atoms with Crippen molar-refractivity contribution in [1.29, 1.82) is 0 Å². The van der Waals surface area contributed by atoms with E-state index in [2.05, 4.69) is 15.5 Å². The maximum absolute atomic E-state index is 12.0. The third-order valence-corrected chi connectivity index (χ3v) is 4.19. The molecule has 0 bridgehead atoms. The van der Waals surface area contributed by atoms with Crippen molar-refractivity contribution in [2.75, 3.05) is 5.32 Å². The highest BCUT2D eigenvalue weighted by atomic mass is 32.1. The number of carbonyl (C=O) groups excluding carboxylic acids is 1. The van der Waals surface area contributed by atoms with Crippen LogP contribution in [0.4, 0.5) is 11.4 Å². The molecule has 0 fully saturated rings. The number of nitro benzene ring substituents is 1. The van der Waals surface area contributed by atoms with Crippen LogP contribution in [0.1, 0.15) is 17.9 Å². The molecule has 1 amide bonds. The van der Waals surface area contributed by atoms with Gasteiger partial charge in [0.1, 0.15) is 0 Å². The van der Waals surface area contributed by atoms with Gasteiger partial charge in [-0.1, -0.05) is 11.2 Å². The Kier molecular flexibility index (Phi) is 4.85. The Morgan fingerprint density at radius 3 is 2.96 bits per heavy atom. The summed E-state index contributed by atoms with van der Waals surface area (Å²) in [7, 11) is 0. The van der Waals surface area contributed by atoms with E-state index in [1.807, 2.05) is 16.8 Å². The topological polar surface area (TPSA) is 111 Å². The third kappa shape index (κ3) is 4.07. The average molecular weight is 358 g/mol. The van der Waals surface area contributed by atoms with E-state index in [9.17, 15) is 14.9 Å². The fourth-order valence-electron chi connectivity index (χ4n) is 2.19. The van der Waals surface area contributed by atoms with E-state index in [0.29, 0.717) is 23.0 Å². The largest absolute Gasteiger partial charge is 0.339 e. The Morgan fingerprint density at radius 2 is 2.24 bits per heavy atom. The molecule has 25 heavy (non-hydrogen) atoms. The lowest BCUT2D eigenvalue weighted by molar-refractivity contribution is -0.385. The molecule has 2 aromatic heterocycles. The second kappa shape index (κ2) is 7.22. The van der Waals surface area contributed by atoms with Crippen LogP contribution < -0.4 is 5.32 Å². The van der Waals surface area contributed by atoms with Gasteiger partial charge < -0.3 is 9.84 Å². The molecule has 1 aromatic carbocycles. The second-order valence-electron chi connectivity index (χ2n) is 5.33. The zero-order chi connectivity index (χ0) is 17.8. The van der Waals surface area contributed by atoms with Crippen LogP contribution in [0, 0.1) is 17.0 Å². The molecule has 0 unspecified atom stereocenters. The number of nitro groups is 1. The average Bonchev–Trinajstić information content (AvgIpc) is 3.25. The van der Waals surface area contributed by atoms with Gasteiger partial charge in [-0.05, 0) is 24.4 Å². The van der Waals surface area contributed by atoms with Crippen molar-refractivity contribution >= 4 is 28.6 Å². The summed E-state index contributed by atoms with van der Waals surface area (Å²) in [4.78, 5) is 26.7. The lowest BCUT2D eigenvalue weighted by atomic mass is 10.2. The Hall–Kier alpha value is -3.07. The highest BCUT2D eigenvalue weighted by Crippen LogP contribution is 2.22. The summed E-state index contributed by atoms with van der Waals surface area (Å²) < 4.78 is 5.13. The number of aryl methyl sites for hydroxylation is 2. The first-order valence-electron chi connectivity index (χ1n) is 7.43. The molecular weight excluding hydrogens is 344 g/mol.